The highest BCUT2D eigenvalue weighted by Crippen LogP contribution is 2.45. The Morgan fingerprint density at radius 1 is 1.09 bits per heavy atom. The first-order chi connectivity index (χ1) is 10.9. The standard InChI is InChI=1S/C17H18N2O2S/c1-2-4-13-12(3-1)18-17-19(13)14(10-22-17)11-5-6-15-16(9-11)21-8-7-20-15/h5-6,9-10,12-13H,1-4,7-8H2/t12-,13+/m1/s1. The maximum atomic E-state index is 5.73. The first-order valence-electron chi connectivity index (χ1n) is 8.04. The molecule has 0 saturated heterocycles. The number of nitrogens with zero attached hydrogens (tertiary/aromatic N) is 2. The minimum Gasteiger partial charge on any atom is -0.486 e. The highest BCUT2D eigenvalue weighted by Gasteiger charge is 2.42. The summed E-state index contributed by atoms with van der Waals surface area (Å²) >= 11 is 1.76. The molecule has 1 aliphatic carbocycles. The summed E-state index contributed by atoms with van der Waals surface area (Å²) in [6.45, 7) is 1.27. The fourth-order valence-electron chi connectivity index (χ4n) is 3.83. The van der Waals surface area contributed by atoms with Crippen molar-refractivity contribution >= 4 is 22.6 Å². The lowest BCUT2D eigenvalue weighted by atomic mass is 9.90. The first-order valence-corrected chi connectivity index (χ1v) is 8.92. The predicted molar refractivity (Wildman–Crippen MR) is 88.3 cm³/mol. The molecule has 0 unspecified atom stereocenters. The largest absolute Gasteiger partial charge is 0.486 e. The van der Waals surface area contributed by atoms with E-state index >= 15 is 0 Å². The van der Waals surface area contributed by atoms with E-state index < -0.39 is 0 Å². The second-order valence-electron chi connectivity index (χ2n) is 6.18. The van der Waals surface area contributed by atoms with Gasteiger partial charge in [-0.1, -0.05) is 24.6 Å². The average Bonchev–Trinajstić information content (AvgIpc) is 3.13. The van der Waals surface area contributed by atoms with E-state index in [1.165, 1.54) is 42.1 Å². The lowest BCUT2D eigenvalue weighted by Crippen LogP contribution is -2.38. The molecule has 4 nitrogen and oxygen atoms in total. The highest BCUT2D eigenvalue weighted by atomic mass is 32.2. The number of hydrogen-bond acceptors (Lipinski definition) is 5. The van der Waals surface area contributed by atoms with Crippen LogP contribution in [0.5, 0.6) is 11.5 Å². The molecule has 0 amide bonds. The molecule has 0 aromatic heterocycles. The summed E-state index contributed by atoms with van der Waals surface area (Å²) in [6, 6.07) is 7.33. The smallest absolute Gasteiger partial charge is 0.168 e. The zero-order chi connectivity index (χ0) is 14.5. The molecular weight excluding hydrogens is 296 g/mol. The van der Waals surface area contributed by atoms with Gasteiger partial charge in [0.25, 0.3) is 0 Å². The summed E-state index contributed by atoms with van der Waals surface area (Å²) in [5.41, 5.74) is 2.48. The van der Waals surface area contributed by atoms with Gasteiger partial charge in [-0.05, 0) is 31.0 Å². The van der Waals surface area contributed by atoms with Gasteiger partial charge in [0.15, 0.2) is 16.7 Å². The van der Waals surface area contributed by atoms with E-state index in [4.69, 9.17) is 14.5 Å². The maximum Gasteiger partial charge on any atom is 0.168 e. The van der Waals surface area contributed by atoms with Crippen molar-refractivity contribution in [2.75, 3.05) is 13.2 Å². The molecular formula is C17H18N2O2S. The summed E-state index contributed by atoms with van der Waals surface area (Å²) in [5.74, 6) is 1.71. The van der Waals surface area contributed by atoms with Crippen molar-refractivity contribution in [1.29, 1.82) is 0 Å². The first kappa shape index (κ1) is 12.9. The minimum atomic E-state index is 0.497. The fourth-order valence-corrected chi connectivity index (χ4v) is 4.84. The van der Waals surface area contributed by atoms with E-state index in [1.807, 2.05) is 6.07 Å². The lowest BCUT2D eigenvalue weighted by Gasteiger charge is -2.32. The van der Waals surface area contributed by atoms with Crippen LogP contribution in [0.15, 0.2) is 28.6 Å². The van der Waals surface area contributed by atoms with Crippen molar-refractivity contribution in [2.24, 2.45) is 4.99 Å². The van der Waals surface area contributed by atoms with Gasteiger partial charge in [-0.3, -0.25) is 4.99 Å². The average molecular weight is 314 g/mol. The van der Waals surface area contributed by atoms with Crippen molar-refractivity contribution in [2.45, 2.75) is 37.8 Å². The molecule has 5 rings (SSSR count). The van der Waals surface area contributed by atoms with Gasteiger partial charge in [0.05, 0.1) is 17.8 Å². The zero-order valence-electron chi connectivity index (χ0n) is 12.3. The number of rotatable bonds is 1. The van der Waals surface area contributed by atoms with Crippen LogP contribution in [0.1, 0.15) is 31.2 Å². The zero-order valence-corrected chi connectivity index (χ0v) is 13.1. The van der Waals surface area contributed by atoms with Crippen molar-refractivity contribution in [3.05, 3.63) is 29.2 Å². The highest BCUT2D eigenvalue weighted by molar-refractivity contribution is 8.16. The molecule has 0 radical (unpaired) electrons. The molecule has 1 aromatic rings. The van der Waals surface area contributed by atoms with Gasteiger partial charge in [-0.25, -0.2) is 0 Å². The molecule has 4 aliphatic rings. The number of benzene rings is 1. The van der Waals surface area contributed by atoms with Gasteiger partial charge in [0.2, 0.25) is 0 Å². The second-order valence-corrected chi connectivity index (χ2v) is 7.02. The van der Waals surface area contributed by atoms with Gasteiger partial charge in [-0.2, -0.15) is 0 Å². The number of thioether (sulfide) groups is 1. The van der Waals surface area contributed by atoms with Gasteiger partial charge in [0, 0.05) is 11.0 Å². The molecule has 3 aliphatic heterocycles. The molecule has 1 saturated carbocycles. The molecule has 22 heavy (non-hydrogen) atoms. The number of amidine groups is 1. The Labute approximate surface area is 134 Å². The molecule has 0 spiro atoms. The van der Waals surface area contributed by atoms with Crippen LogP contribution in [0.25, 0.3) is 5.70 Å². The van der Waals surface area contributed by atoms with Crippen molar-refractivity contribution in [3.8, 4) is 11.5 Å². The van der Waals surface area contributed by atoms with Gasteiger partial charge in [0.1, 0.15) is 13.2 Å². The van der Waals surface area contributed by atoms with E-state index in [1.54, 1.807) is 11.8 Å². The summed E-state index contributed by atoms with van der Waals surface area (Å²) in [5, 5.41) is 3.41. The molecule has 0 bridgehead atoms. The van der Waals surface area contributed by atoms with Crippen LogP contribution in [-0.2, 0) is 0 Å². The Hall–Kier alpha value is -1.62. The molecule has 5 heteroatoms. The molecule has 1 fully saturated rings. The van der Waals surface area contributed by atoms with Crippen molar-refractivity contribution < 1.29 is 9.47 Å². The number of ether oxygens (including phenoxy) is 2. The van der Waals surface area contributed by atoms with Gasteiger partial charge < -0.3 is 14.4 Å². The summed E-state index contributed by atoms with van der Waals surface area (Å²) < 4.78 is 11.4. The van der Waals surface area contributed by atoms with Crippen LogP contribution in [0.3, 0.4) is 0 Å². The topological polar surface area (TPSA) is 34.1 Å². The third-order valence-corrected chi connectivity index (χ3v) is 5.74. The Morgan fingerprint density at radius 2 is 1.95 bits per heavy atom. The van der Waals surface area contributed by atoms with Crippen LogP contribution < -0.4 is 9.47 Å². The van der Waals surface area contributed by atoms with E-state index in [0.29, 0.717) is 25.3 Å². The number of aliphatic imine (C=N–C) groups is 1. The summed E-state index contributed by atoms with van der Waals surface area (Å²) in [4.78, 5) is 7.39. The predicted octanol–water partition coefficient (Wildman–Crippen LogP) is 3.49. The van der Waals surface area contributed by atoms with Gasteiger partial charge in [-0.15, -0.1) is 0 Å². The minimum absolute atomic E-state index is 0.497. The normalized spacial score (nSPS) is 28.8. The van der Waals surface area contributed by atoms with E-state index in [9.17, 15) is 0 Å². The molecule has 3 heterocycles. The second kappa shape index (κ2) is 4.95. The third kappa shape index (κ3) is 1.88. The van der Waals surface area contributed by atoms with E-state index in [0.717, 1.165) is 11.5 Å². The third-order valence-electron chi connectivity index (χ3n) is 4.88. The van der Waals surface area contributed by atoms with Crippen LogP contribution in [0.2, 0.25) is 0 Å². The van der Waals surface area contributed by atoms with E-state index in [2.05, 4.69) is 22.4 Å². The maximum absolute atomic E-state index is 5.73. The van der Waals surface area contributed by atoms with Crippen molar-refractivity contribution in [3.63, 3.8) is 0 Å². The van der Waals surface area contributed by atoms with Crippen LogP contribution in [-0.4, -0.2) is 35.4 Å². The Balaban J connectivity index is 1.49. The quantitative estimate of drug-likeness (QED) is 0.795. The lowest BCUT2D eigenvalue weighted by molar-refractivity contribution is 0.171. The Kier molecular flexibility index (Phi) is 2.90. The monoisotopic (exact) mass is 314 g/mol. The number of hydrogen-bond donors (Lipinski definition) is 0. The Morgan fingerprint density at radius 3 is 2.91 bits per heavy atom. The van der Waals surface area contributed by atoms with Crippen LogP contribution in [0.4, 0.5) is 0 Å². The molecule has 114 valence electrons. The SMILES string of the molecule is C1=C(c2ccc3c(c2)OCCO3)N2C(=N[C@@H]3CCCC[C@@H]32)S1. The fraction of sp³-hybridized carbons (Fsp3) is 0.471. The van der Waals surface area contributed by atoms with Crippen molar-refractivity contribution in [1.82, 2.24) is 4.90 Å². The van der Waals surface area contributed by atoms with E-state index in [-0.39, 0.29) is 0 Å². The molecule has 1 aromatic carbocycles. The Bertz CT molecular complexity index is 685. The molecule has 0 N–H and O–H groups in total. The summed E-state index contributed by atoms with van der Waals surface area (Å²) in [6.07, 6.45) is 5.12. The number of fused-ring (bicyclic) bond motifs is 4. The molecule has 2 atom stereocenters. The van der Waals surface area contributed by atoms with Crippen LogP contribution >= 0.6 is 11.8 Å². The summed E-state index contributed by atoms with van der Waals surface area (Å²) in [7, 11) is 0. The van der Waals surface area contributed by atoms with Gasteiger partial charge >= 0.3 is 0 Å². The van der Waals surface area contributed by atoms with Crippen LogP contribution in [0, 0.1) is 0 Å².